The summed E-state index contributed by atoms with van der Waals surface area (Å²) in [6.07, 6.45) is 24.6. The van der Waals surface area contributed by atoms with Crippen molar-refractivity contribution in [3.05, 3.63) is 84.7 Å². The standard InChI is InChI=1S/C40H44N8O6.2C3H8.2C2H2/c1-4-15-47(35(49)21-43-39(51)53-2)23-34-41-19-33(45-34)29-12-11-27-16-26(9-10-28(27)17-29)24-5-7-25(8-6-24)32-20-42-38(46-32)37-30-13-14-31(18-30)48(37)36(50)22-44-40(52)54-3;2*1-3-2;2*1-2/h5-12,16-17,19-20,30-31,37H,4,13-15,18,21-23H2,1-3H3,(H,41,45)(H,42,46)(H,43,51)(H,44,52);2*3H2,1-2H3;2*1-2H/t30-,31+,37-;;;;/m0..../s1. The van der Waals surface area contributed by atoms with E-state index >= 15 is 0 Å². The molecule has 1 aliphatic heterocycles. The van der Waals surface area contributed by atoms with Crippen molar-refractivity contribution < 1.29 is 28.7 Å². The van der Waals surface area contributed by atoms with Crippen LogP contribution in [0, 0.1) is 31.6 Å². The van der Waals surface area contributed by atoms with Crippen molar-refractivity contribution in [1.29, 1.82) is 0 Å². The molecule has 1 saturated heterocycles. The maximum absolute atomic E-state index is 13.1. The van der Waals surface area contributed by atoms with E-state index in [9.17, 15) is 19.2 Å². The van der Waals surface area contributed by atoms with Crippen LogP contribution in [0.1, 0.15) is 90.8 Å². The third-order valence-corrected chi connectivity index (χ3v) is 10.4. The fourth-order valence-electron chi connectivity index (χ4n) is 7.74. The third-order valence-electron chi connectivity index (χ3n) is 10.4. The number of nitrogens with zero attached hydrogens (tertiary/aromatic N) is 4. The number of amides is 4. The van der Waals surface area contributed by atoms with Gasteiger partial charge in [0, 0.05) is 18.2 Å². The zero-order valence-corrected chi connectivity index (χ0v) is 38.3. The van der Waals surface area contributed by atoms with Gasteiger partial charge >= 0.3 is 12.2 Å². The summed E-state index contributed by atoms with van der Waals surface area (Å²) in [5.41, 5.74) is 5.88. The van der Waals surface area contributed by atoms with Crippen LogP contribution >= 0.6 is 0 Å². The number of nitrogens with one attached hydrogen (secondary N) is 4. The fourth-order valence-corrected chi connectivity index (χ4v) is 7.74. The van der Waals surface area contributed by atoms with E-state index < -0.39 is 12.2 Å². The number of benzene rings is 3. The first kappa shape index (κ1) is 51.3. The number of H-pyrrole nitrogens is 2. The predicted molar refractivity (Wildman–Crippen MR) is 253 cm³/mol. The normalized spacial score (nSPS) is 15.3. The van der Waals surface area contributed by atoms with Crippen LogP contribution in [0.4, 0.5) is 9.59 Å². The van der Waals surface area contributed by atoms with Gasteiger partial charge in [-0.15, -0.1) is 25.7 Å². The van der Waals surface area contributed by atoms with Crippen LogP contribution < -0.4 is 10.6 Å². The Morgan fingerprint density at radius 2 is 1.25 bits per heavy atom. The molecule has 3 heterocycles. The fraction of sp³-hybridized carbons (Fsp3) is 0.400. The lowest BCUT2D eigenvalue weighted by Gasteiger charge is -2.34. The Morgan fingerprint density at radius 3 is 1.86 bits per heavy atom. The van der Waals surface area contributed by atoms with Gasteiger partial charge in [-0.25, -0.2) is 19.6 Å². The van der Waals surface area contributed by atoms with Crippen molar-refractivity contribution >= 4 is 34.8 Å². The van der Waals surface area contributed by atoms with E-state index in [-0.39, 0.29) is 37.0 Å². The number of aromatic nitrogens is 4. The number of hydrogen-bond acceptors (Lipinski definition) is 8. The van der Waals surface area contributed by atoms with Gasteiger partial charge in [-0.2, -0.15) is 0 Å². The minimum absolute atomic E-state index is 0.105. The molecule has 3 atom stereocenters. The summed E-state index contributed by atoms with van der Waals surface area (Å²) in [5.74, 6) is 1.42. The Morgan fingerprint density at radius 1 is 0.719 bits per heavy atom. The highest BCUT2D eigenvalue weighted by Gasteiger charge is 2.49. The summed E-state index contributed by atoms with van der Waals surface area (Å²) in [6.45, 7) is 11.1. The van der Waals surface area contributed by atoms with Gasteiger partial charge < -0.3 is 39.9 Å². The molecular weight excluding hydrogens is 809 g/mol. The maximum Gasteiger partial charge on any atom is 0.407 e. The van der Waals surface area contributed by atoms with Gasteiger partial charge in [0.1, 0.15) is 24.7 Å². The molecule has 14 heteroatoms. The van der Waals surface area contributed by atoms with Crippen molar-refractivity contribution in [3.63, 3.8) is 0 Å². The molecular formula is C50H64N8O6. The molecule has 64 heavy (non-hydrogen) atoms. The summed E-state index contributed by atoms with van der Waals surface area (Å²) >= 11 is 0. The molecule has 2 bridgehead atoms. The topological polar surface area (TPSA) is 175 Å². The van der Waals surface area contributed by atoms with Crippen molar-refractivity contribution in [2.45, 2.75) is 91.8 Å². The molecule has 7 rings (SSSR count). The number of aromatic amines is 2. The number of hydrogen-bond donors (Lipinski definition) is 4. The third kappa shape index (κ3) is 13.5. The molecule has 2 fully saturated rings. The zero-order valence-electron chi connectivity index (χ0n) is 38.3. The molecule has 2 aliphatic rings. The highest BCUT2D eigenvalue weighted by atomic mass is 16.5. The van der Waals surface area contributed by atoms with Crippen molar-refractivity contribution in [1.82, 2.24) is 40.4 Å². The van der Waals surface area contributed by atoms with E-state index in [2.05, 4.69) is 149 Å². The predicted octanol–water partition coefficient (Wildman–Crippen LogP) is 9.12. The lowest BCUT2D eigenvalue weighted by molar-refractivity contribution is -0.135. The number of methoxy groups -OCH3 is 2. The lowest BCUT2D eigenvalue weighted by Crippen LogP contribution is -2.45. The van der Waals surface area contributed by atoms with Crippen molar-refractivity contribution in [2.75, 3.05) is 33.9 Å². The van der Waals surface area contributed by atoms with E-state index in [0.29, 0.717) is 24.8 Å². The largest absolute Gasteiger partial charge is 0.453 e. The van der Waals surface area contributed by atoms with Crippen LogP contribution in [0.2, 0.25) is 0 Å². The second-order valence-corrected chi connectivity index (χ2v) is 15.2. The molecule has 4 amide bonds. The van der Waals surface area contributed by atoms with Gasteiger partial charge in [-0.05, 0) is 71.2 Å². The Bertz CT molecular complexity index is 2290. The number of rotatable bonds is 12. The summed E-state index contributed by atoms with van der Waals surface area (Å²) in [4.78, 5) is 68.5. The summed E-state index contributed by atoms with van der Waals surface area (Å²) in [6, 6.07) is 21.0. The smallest absolute Gasteiger partial charge is 0.407 e. The highest BCUT2D eigenvalue weighted by molar-refractivity contribution is 5.91. The van der Waals surface area contributed by atoms with Gasteiger partial charge in [-0.3, -0.25) is 9.59 Å². The quantitative estimate of drug-likeness (QED) is 0.0898. The summed E-state index contributed by atoms with van der Waals surface area (Å²) in [7, 11) is 2.54. The Hall–Kier alpha value is -7.06. The summed E-state index contributed by atoms with van der Waals surface area (Å²) in [5, 5.41) is 7.15. The van der Waals surface area contributed by atoms with Gasteiger partial charge in [0.2, 0.25) is 11.8 Å². The first-order valence-corrected chi connectivity index (χ1v) is 21.7. The van der Waals surface area contributed by atoms with Gasteiger partial charge in [0.15, 0.2) is 0 Å². The van der Waals surface area contributed by atoms with E-state index in [1.807, 2.05) is 18.0 Å². The molecule has 4 N–H and O–H groups in total. The molecule has 5 aromatic rings. The minimum Gasteiger partial charge on any atom is -0.453 e. The zero-order chi connectivity index (χ0) is 47.2. The first-order valence-electron chi connectivity index (χ1n) is 21.7. The SMILES string of the molecule is C#C.C#C.CCC.CCC.CCCN(Cc1ncc(-c2ccc3cc(-c4ccc(-c5cnc([C@@H]6[C@H]7CC[C@H](C7)N6C(=O)CNC(=O)OC)[nH]5)cc4)ccc3c2)[nH]1)C(=O)CNC(=O)OC. The van der Waals surface area contributed by atoms with Crippen LogP contribution in [0.25, 0.3) is 44.4 Å². The van der Waals surface area contributed by atoms with Crippen molar-refractivity contribution in [3.8, 4) is 59.3 Å². The Labute approximate surface area is 378 Å². The van der Waals surface area contributed by atoms with Gasteiger partial charge in [0.25, 0.3) is 0 Å². The average Bonchev–Trinajstić information content (AvgIpc) is 4.17. The number of imidazole rings is 2. The number of carbonyl (C=O) groups excluding carboxylic acids is 4. The van der Waals surface area contributed by atoms with E-state index in [1.165, 1.54) is 27.1 Å². The Kier molecular flexibility index (Phi) is 21.2. The number of terminal acetylenes is 2. The lowest BCUT2D eigenvalue weighted by atomic mass is 9.97. The minimum atomic E-state index is -0.648. The van der Waals surface area contributed by atoms with E-state index in [4.69, 9.17) is 4.98 Å². The Balaban J connectivity index is 0.00000101. The number of piperidine rings is 1. The monoisotopic (exact) mass is 872 g/mol. The second-order valence-electron chi connectivity index (χ2n) is 15.2. The van der Waals surface area contributed by atoms with Crippen LogP contribution in [-0.2, 0) is 25.6 Å². The van der Waals surface area contributed by atoms with Crippen molar-refractivity contribution in [2.24, 2.45) is 5.92 Å². The number of carbonyl (C=O) groups is 4. The molecule has 1 saturated carbocycles. The number of likely N-dealkylation sites (tertiary alicyclic amines) is 1. The molecule has 2 aromatic heterocycles. The first-order chi connectivity index (χ1) is 31.1. The molecule has 340 valence electrons. The van der Waals surface area contributed by atoms with Crippen LogP contribution in [0.5, 0.6) is 0 Å². The highest BCUT2D eigenvalue weighted by Crippen LogP contribution is 2.49. The average molecular weight is 873 g/mol. The number of alkyl carbamates (subject to hydrolysis) is 2. The summed E-state index contributed by atoms with van der Waals surface area (Å²) < 4.78 is 9.20. The van der Waals surface area contributed by atoms with E-state index in [1.54, 1.807) is 11.1 Å². The molecule has 1 aliphatic carbocycles. The second kappa shape index (κ2) is 26.4. The molecule has 0 unspecified atom stereocenters. The van der Waals surface area contributed by atoms with Crippen LogP contribution in [-0.4, -0.2) is 93.6 Å². The van der Waals surface area contributed by atoms with E-state index in [0.717, 1.165) is 75.9 Å². The number of ether oxygens (including phenoxy) is 2. The van der Waals surface area contributed by atoms with Gasteiger partial charge in [0.05, 0.1) is 50.6 Å². The molecule has 0 spiro atoms. The molecule has 3 aromatic carbocycles. The van der Waals surface area contributed by atoms with Crippen LogP contribution in [0.15, 0.2) is 73.1 Å². The van der Waals surface area contributed by atoms with Crippen LogP contribution in [0.3, 0.4) is 0 Å². The molecule has 14 nitrogen and oxygen atoms in total. The van der Waals surface area contributed by atoms with Gasteiger partial charge in [-0.1, -0.05) is 96.0 Å². The molecule has 0 radical (unpaired) electrons. The number of fused-ring (bicyclic) bond motifs is 3. The maximum atomic E-state index is 13.1.